The molecule has 1 aromatic carbocycles. The molecule has 171 valence electrons. The van der Waals surface area contributed by atoms with Crippen LogP contribution in [0.1, 0.15) is 55.3 Å². The van der Waals surface area contributed by atoms with E-state index >= 15 is 0 Å². The van der Waals surface area contributed by atoms with Gasteiger partial charge in [0.25, 0.3) is 0 Å². The predicted molar refractivity (Wildman–Crippen MR) is 131 cm³/mol. The summed E-state index contributed by atoms with van der Waals surface area (Å²) >= 11 is 5.03. The molecule has 2 aliphatic rings. The van der Waals surface area contributed by atoms with Crippen LogP contribution in [-0.2, 0) is 6.42 Å². The molecule has 0 bridgehead atoms. The fraction of sp³-hybridized carbons (Fsp3) is 0.440. The van der Waals surface area contributed by atoms with E-state index in [0.717, 1.165) is 36.5 Å². The van der Waals surface area contributed by atoms with Crippen LogP contribution in [0.25, 0.3) is 22.7 Å². The topological polar surface area (TPSA) is 45.2 Å². The maximum absolute atomic E-state index is 5.68. The zero-order valence-corrected chi connectivity index (χ0v) is 21.5. The largest absolute Gasteiger partial charge is 0.376 e. The fourth-order valence-electron chi connectivity index (χ4n) is 4.38. The maximum Gasteiger partial charge on any atom is 0.166 e. The molecule has 1 radical (unpaired) electrons. The first-order valence-corrected chi connectivity index (χ1v) is 11.5. The summed E-state index contributed by atoms with van der Waals surface area (Å²) in [5, 5.41) is 1.68. The van der Waals surface area contributed by atoms with Gasteiger partial charge in [0.05, 0.1) is 16.9 Å². The molecule has 2 heterocycles. The first kappa shape index (κ1) is 22.3. The molecule has 1 saturated carbocycles. The second-order valence-electron chi connectivity index (χ2n) is 8.71. The number of fused-ring (bicyclic) bond motifs is 1. The van der Waals surface area contributed by atoms with Crippen molar-refractivity contribution < 1.29 is 0 Å². The predicted octanol–water partition coefficient (Wildman–Crippen LogP) is 5.18. The molecule has 1 aliphatic heterocycles. The van der Waals surface area contributed by atoms with Crippen molar-refractivity contribution >= 4 is 40.0 Å². The SMILES string of the molecule is CN1C=C1c1cc(/C=C/CCN(C)C(N)=S)c2cc(CCC3CCCC3)ccc2n1.[Md]. The van der Waals surface area contributed by atoms with E-state index in [2.05, 4.69) is 54.6 Å². The Labute approximate surface area is 185 Å². The van der Waals surface area contributed by atoms with Crippen molar-refractivity contribution in [3.63, 3.8) is 0 Å². The number of rotatable bonds is 8. The third-order valence-electron chi connectivity index (χ3n) is 6.42. The van der Waals surface area contributed by atoms with Gasteiger partial charge < -0.3 is 15.5 Å². The Bertz CT molecular complexity index is 994. The number of hydrogen-bond donors (Lipinski definition) is 1. The number of aromatic nitrogens is 1. The summed E-state index contributed by atoms with van der Waals surface area (Å²) in [4.78, 5) is 8.94. The first-order valence-electron chi connectivity index (χ1n) is 11.1. The number of hydrogen-bond acceptors (Lipinski definition) is 3. The minimum absolute atomic E-state index is 0. The van der Waals surface area contributed by atoms with Crippen LogP contribution in [0, 0.1) is 5.92 Å². The number of benzene rings is 1. The Morgan fingerprint density at radius 2 is 2.03 bits per heavy atom. The van der Waals surface area contributed by atoms with Crippen LogP contribution in [0.15, 0.2) is 36.5 Å². The summed E-state index contributed by atoms with van der Waals surface area (Å²) < 4.78 is 0. The van der Waals surface area contributed by atoms with Crippen molar-refractivity contribution in [2.24, 2.45) is 11.7 Å². The molecule has 4 nitrogen and oxygen atoms in total. The molecule has 4 rings (SSSR count). The van der Waals surface area contributed by atoms with Gasteiger partial charge >= 0.3 is 0 Å². The summed E-state index contributed by atoms with van der Waals surface area (Å²) in [6.45, 7) is 0.822. The molecule has 6 heteroatoms. The molecular formula is C25H32MdN4S. The van der Waals surface area contributed by atoms with Crippen molar-refractivity contribution in [2.75, 3.05) is 20.6 Å². The molecule has 0 atom stereocenters. The van der Waals surface area contributed by atoms with Gasteiger partial charge in [-0.05, 0) is 66.7 Å². The number of thiocarbonyl (C=S) groups is 1. The minimum Gasteiger partial charge on any atom is -0.376 e. The minimum atomic E-state index is 0. The Kier molecular flexibility index (Phi) is 6.91. The average molecular weight is 679 g/mol. The van der Waals surface area contributed by atoms with E-state index in [4.69, 9.17) is 22.9 Å². The molecule has 2 N–H and O–H groups in total. The molecule has 2 aromatic rings. The van der Waals surface area contributed by atoms with Crippen LogP contribution in [0.3, 0.4) is 0 Å². The third kappa shape index (κ3) is 5.40. The fourth-order valence-corrected chi connectivity index (χ4v) is 4.47. The molecule has 31 heavy (non-hydrogen) atoms. The van der Waals surface area contributed by atoms with Gasteiger partial charge in [0, 0.05) is 32.2 Å². The van der Waals surface area contributed by atoms with Gasteiger partial charge in [0.15, 0.2) is 5.11 Å². The van der Waals surface area contributed by atoms with Gasteiger partial charge in [-0.25, -0.2) is 4.98 Å². The van der Waals surface area contributed by atoms with E-state index in [9.17, 15) is 0 Å². The summed E-state index contributed by atoms with van der Waals surface area (Å²) in [6.07, 6.45) is 15.6. The quantitative estimate of drug-likeness (QED) is 0.391. The smallest absolute Gasteiger partial charge is 0.166 e. The molecule has 0 spiro atoms. The summed E-state index contributed by atoms with van der Waals surface area (Å²) in [6, 6.07) is 9.03. The molecule has 1 aromatic heterocycles. The van der Waals surface area contributed by atoms with E-state index in [1.54, 1.807) is 0 Å². The van der Waals surface area contributed by atoms with E-state index in [0.29, 0.717) is 5.11 Å². The van der Waals surface area contributed by atoms with Crippen LogP contribution in [0.5, 0.6) is 0 Å². The van der Waals surface area contributed by atoms with E-state index in [1.165, 1.54) is 54.3 Å². The molecule has 0 saturated heterocycles. The van der Waals surface area contributed by atoms with Gasteiger partial charge in [-0.1, -0.05) is 43.9 Å². The number of nitrogens with two attached hydrogens (primary N) is 1. The van der Waals surface area contributed by atoms with Gasteiger partial charge in [0.2, 0.25) is 0 Å². The van der Waals surface area contributed by atoms with Crippen LogP contribution in [-0.4, -0.2) is 40.5 Å². The standard InChI is InChI=1S/C25H32N4S.Md/c1-28(25(26)30)14-6-5-9-20-16-23(24-17-29(24)2)27-22-13-12-19(15-21(20)22)11-10-18-7-3-4-8-18;/h5,9,12-13,15-18H,3-4,6-8,10-11,14H2,1-2H3,(H2,26,30);/b9-5+;. The first-order chi connectivity index (χ1) is 14.5. The Morgan fingerprint density at radius 1 is 1.29 bits per heavy atom. The van der Waals surface area contributed by atoms with Crippen molar-refractivity contribution in [1.29, 1.82) is 0 Å². The van der Waals surface area contributed by atoms with Crippen LogP contribution >= 0.6 is 12.2 Å². The Morgan fingerprint density at radius 3 is 2.71 bits per heavy atom. The zero-order chi connectivity index (χ0) is 21.1. The van der Waals surface area contributed by atoms with Crippen LogP contribution in [0.2, 0.25) is 0 Å². The molecule has 0 unspecified atom stereocenters. The van der Waals surface area contributed by atoms with E-state index in [-0.39, 0.29) is 0 Å². The van der Waals surface area contributed by atoms with Crippen molar-refractivity contribution in [3.05, 3.63) is 53.4 Å². The van der Waals surface area contributed by atoms with Crippen LogP contribution < -0.4 is 5.73 Å². The maximum atomic E-state index is 5.68. The monoisotopic (exact) mass is 678 g/mol. The summed E-state index contributed by atoms with van der Waals surface area (Å²) in [5.74, 6) is 0.920. The van der Waals surface area contributed by atoms with Gasteiger partial charge in [-0.15, -0.1) is 0 Å². The van der Waals surface area contributed by atoms with Gasteiger partial charge in [0.1, 0.15) is 0 Å². The molecule has 0 amide bonds. The normalized spacial score (nSPS) is 15.9. The zero-order valence-electron chi connectivity index (χ0n) is 18.4. The molecule has 1 fully saturated rings. The van der Waals surface area contributed by atoms with Crippen molar-refractivity contribution in [3.8, 4) is 0 Å². The van der Waals surface area contributed by atoms with Crippen LogP contribution in [0.4, 0.5) is 0 Å². The number of pyridine rings is 1. The van der Waals surface area contributed by atoms with Gasteiger partial charge in [-0.3, -0.25) is 0 Å². The summed E-state index contributed by atoms with van der Waals surface area (Å²) in [7, 11) is 4.00. The Balaban J connectivity index is 0.00000272. The second-order valence-corrected chi connectivity index (χ2v) is 9.13. The summed E-state index contributed by atoms with van der Waals surface area (Å²) in [5.41, 5.74) is 11.7. The van der Waals surface area contributed by atoms with E-state index < -0.39 is 0 Å². The second kappa shape index (κ2) is 9.61. The van der Waals surface area contributed by atoms with Gasteiger partial charge in [-0.2, -0.15) is 0 Å². The number of nitrogens with zero attached hydrogens (tertiary/aromatic N) is 3. The Hall–Kier alpha value is -3.40. The third-order valence-corrected chi connectivity index (χ3v) is 6.73. The van der Waals surface area contributed by atoms with Crippen molar-refractivity contribution in [2.45, 2.75) is 44.9 Å². The van der Waals surface area contributed by atoms with E-state index in [1.807, 2.05) is 11.9 Å². The molecular weight excluding hydrogens is 646 g/mol. The average Bonchev–Trinajstić information content (AvgIpc) is 3.24. The number of aryl methyl sites for hydroxylation is 1. The molecule has 1 aliphatic carbocycles. The van der Waals surface area contributed by atoms with Crippen molar-refractivity contribution in [1.82, 2.24) is 14.8 Å².